The number of nitrogens with zero attached hydrogens (tertiary/aromatic N) is 1. The van der Waals surface area contributed by atoms with Crippen LogP contribution in [-0.2, 0) is 16.2 Å². The molecule has 0 bridgehead atoms. The molecule has 1 heterocycles. The summed E-state index contributed by atoms with van der Waals surface area (Å²) in [6, 6.07) is 17.0. The SMILES string of the molecule is COc1cc(C2/C(=C(\[O-])c3ccc(OCc4ccccc4C)cc3)C(=O)C(=O)N2CCC[NH+](C)C)cc(OC)c1OC. The Morgan fingerprint density at radius 2 is 1.57 bits per heavy atom. The van der Waals surface area contributed by atoms with Gasteiger partial charge in [-0.15, -0.1) is 0 Å². The van der Waals surface area contributed by atoms with Gasteiger partial charge in [0.25, 0.3) is 5.91 Å². The van der Waals surface area contributed by atoms with Crippen LogP contribution in [0, 0.1) is 6.92 Å². The molecule has 3 aromatic carbocycles. The van der Waals surface area contributed by atoms with E-state index in [9.17, 15) is 14.7 Å². The van der Waals surface area contributed by atoms with Crippen molar-refractivity contribution in [3.05, 3.63) is 88.5 Å². The van der Waals surface area contributed by atoms with Crippen LogP contribution in [0.15, 0.2) is 66.2 Å². The number of benzene rings is 3. The number of rotatable bonds is 12. The smallest absolute Gasteiger partial charge is 0.295 e. The first-order valence-electron chi connectivity index (χ1n) is 13.8. The van der Waals surface area contributed by atoms with Crippen molar-refractivity contribution in [3.8, 4) is 23.0 Å². The second-order valence-electron chi connectivity index (χ2n) is 10.5. The number of ether oxygens (including phenoxy) is 4. The number of quaternary nitrogens is 1. The number of ketones is 1. The lowest BCUT2D eigenvalue weighted by Crippen LogP contribution is -3.05. The van der Waals surface area contributed by atoms with Crippen LogP contribution in [0.2, 0.25) is 0 Å². The lowest BCUT2D eigenvalue weighted by molar-refractivity contribution is -0.858. The predicted octanol–water partition coefficient (Wildman–Crippen LogP) is 2.36. The minimum Gasteiger partial charge on any atom is -0.872 e. The third kappa shape index (κ3) is 6.36. The number of Topliss-reactive ketones (excluding diaryl/α,β-unsaturated/α-hetero) is 1. The van der Waals surface area contributed by atoms with Gasteiger partial charge in [-0.2, -0.15) is 0 Å². The Kier molecular flexibility index (Phi) is 9.75. The van der Waals surface area contributed by atoms with Gasteiger partial charge < -0.3 is 33.9 Å². The first-order valence-corrected chi connectivity index (χ1v) is 13.8. The normalized spacial score (nSPS) is 16.2. The number of methoxy groups -OCH3 is 3. The van der Waals surface area contributed by atoms with Crippen LogP contribution in [0.25, 0.3) is 5.76 Å². The van der Waals surface area contributed by atoms with Crippen molar-refractivity contribution in [2.75, 3.05) is 48.5 Å². The van der Waals surface area contributed by atoms with Crippen molar-refractivity contribution in [2.45, 2.75) is 26.0 Å². The minimum absolute atomic E-state index is 0.111. The Labute approximate surface area is 246 Å². The first kappa shape index (κ1) is 30.5. The van der Waals surface area contributed by atoms with Gasteiger partial charge in [-0.25, -0.2) is 0 Å². The molecule has 1 aliphatic rings. The van der Waals surface area contributed by atoms with Crippen LogP contribution in [0.5, 0.6) is 23.0 Å². The third-order valence-corrected chi connectivity index (χ3v) is 7.38. The summed E-state index contributed by atoms with van der Waals surface area (Å²) in [7, 11) is 8.50. The number of likely N-dealkylation sites (tertiary alicyclic amines) is 1. The van der Waals surface area contributed by atoms with Crippen molar-refractivity contribution < 1.29 is 38.5 Å². The van der Waals surface area contributed by atoms with Crippen molar-refractivity contribution in [3.63, 3.8) is 0 Å². The summed E-state index contributed by atoms with van der Waals surface area (Å²) in [5, 5.41) is 13.9. The van der Waals surface area contributed by atoms with Gasteiger partial charge in [0.1, 0.15) is 12.4 Å². The number of nitrogens with one attached hydrogen (secondary N) is 1. The van der Waals surface area contributed by atoms with E-state index in [-0.39, 0.29) is 11.1 Å². The molecule has 0 aliphatic carbocycles. The highest BCUT2D eigenvalue weighted by Crippen LogP contribution is 2.45. The lowest BCUT2D eigenvalue weighted by atomic mass is 9.94. The Morgan fingerprint density at radius 3 is 2.14 bits per heavy atom. The van der Waals surface area contributed by atoms with Crippen molar-refractivity contribution in [1.82, 2.24) is 4.90 Å². The molecule has 222 valence electrons. The molecule has 1 aliphatic heterocycles. The molecule has 0 spiro atoms. The Bertz CT molecular complexity index is 1440. The van der Waals surface area contributed by atoms with Crippen LogP contribution < -0.4 is 29.0 Å². The number of hydrogen-bond acceptors (Lipinski definition) is 7. The van der Waals surface area contributed by atoms with Gasteiger partial charge in [0.2, 0.25) is 11.5 Å². The van der Waals surface area contributed by atoms with Gasteiger partial charge in [-0.3, -0.25) is 9.59 Å². The molecule has 0 aromatic heterocycles. The highest BCUT2D eigenvalue weighted by molar-refractivity contribution is 6.46. The van der Waals surface area contributed by atoms with Crippen LogP contribution in [-0.4, -0.2) is 65.1 Å². The molecule has 1 unspecified atom stereocenters. The third-order valence-electron chi connectivity index (χ3n) is 7.38. The molecule has 3 aromatic rings. The van der Waals surface area contributed by atoms with Gasteiger partial charge in [0, 0.05) is 18.5 Å². The molecule has 1 N–H and O–H groups in total. The number of aryl methyl sites for hydroxylation is 1. The number of carbonyl (C=O) groups is 2. The zero-order valence-electron chi connectivity index (χ0n) is 25.0. The number of hydrogen-bond donors (Lipinski definition) is 1. The average molecular weight is 575 g/mol. The van der Waals surface area contributed by atoms with E-state index in [2.05, 4.69) is 0 Å². The molecular weight excluding hydrogens is 536 g/mol. The van der Waals surface area contributed by atoms with Crippen molar-refractivity contribution in [1.29, 1.82) is 0 Å². The fourth-order valence-corrected chi connectivity index (χ4v) is 5.10. The quantitative estimate of drug-likeness (QED) is 0.201. The summed E-state index contributed by atoms with van der Waals surface area (Å²) in [4.78, 5) is 29.5. The molecule has 1 fully saturated rings. The van der Waals surface area contributed by atoms with E-state index in [4.69, 9.17) is 18.9 Å². The monoisotopic (exact) mass is 574 g/mol. The first-order chi connectivity index (χ1) is 20.2. The van der Waals surface area contributed by atoms with Gasteiger partial charge >= 0.3 is 0 Å². The maximum atomic E-state index is 13.9. The number of carbonyl (C=O) groups excluding carboxylic acids is 2. The summed E-state index contributed by atoms with van der Waals surface area (Å²) < 4.78 is 22.4. The standard InChI is InChI=1S/C33H38N2O7/c1-21-10-7-8-11-23(21)20-42-25-14-12-22(13-15-25)30(36)28-29(35(33(38)31(28)37)17-9-16-34(2)3)24-18-26(39-4)32(41-6)27(19-24)40-5/h7-8,10-15,18-19,29,36H,9,16-17,20H2,1-6H3/b30-28+. The fourth-order valence-electron chi connectivity index (χ4n) is 5.10. The zero-order valence-corrected chi connectivity index (χ0v) is 25.0. The van der Waals surface area contributed by atoms with Gasteiger partial charge in [-0.05, 0) is 53.4 Å². The van der Waals surface area contributed by atoms with E-state index >= 15 is 0 Å². The van der Waals surface area contributed by atoms with Crippen LogP contribution >= 0.6 is 0 Å². The Morgan fingerprint density at radius 1 is 0.929 bits per heavy atom. The van der Waals surface area contributed by atoms with E-state index in [1.807, 2.05) is 45.3 Å². The van der Waals surface area contributed by atoms with Crippen LogP contribution in [0.4, 0.5) is 0 Å². The molecule has 0 saturated carbocycles. The van der Waals surface area contributed by atoms with E-state index in [1.54, 1.807) is 36.4 Å². The number of amides is 1. The molecule has 9 heteroatoms. The van der Waals surface area contributed by atoms with E-state index in [0.29, 0.717) is 48.1 Å². The highest BCUT2D eigenvalue weighted by Gasteiger charge is 2.44. The van der Waals surface area contributed by atoms with E-state index < -0.39 is 23.5 Å². The molecule has 0 radical (unpaired) electrons. The average Bonchev–Trinajstić information content (AvgIpc) is 3.24. The second-order valence-corrected chi connectivity index (χ2v) is 10.5. The van der Waals surface area contributed by atoms with E-state index in [0.717, 1.165) is 17.7 Å². The largest absolute Gasteiger partial charge is 0.872 e. The van der Waals surface area contributed by atoms with Gasteiger partial charge in [0.05, 0.1) is 48.0 Å². The summed E-state index contributed by atoms with van der Waals surface area (Å²) in [5.74, 6) is -0.353. The summed E-state index contributed by atoms with van der Waals surface area (Å²) in [6.07, 6.45) is 0.649. The van der Waals surface area contributed by atoms with Gasteiger partial charge in [-0.1, -0.05) is 42.2 Å². The highest BCUT2D eigenvalue weighted by atomic mass is 16.5. The fraction of sp³-hybridized carbons (Fsp3) is 0.333. The van der Waals surface area contributed by atoms with Crippen molar-refractivity contribution in [2.24, 2.45) is 0 Å². The zero-order chi connectivity index (χ0) is 30.4. The summed E-state index contributed by atoms with van der Waals surface area (Å²) in [6.45, 7) is 3.50. The molecular formula is C33H38N2O7. The van der Waals surface area contributed by atoms with E-state index in [1.165, 1.54) is 31.1 Å². The molecule has 4 rings (SSSR count). The van der Waals surface area contributed by atoms with Crippen LogP contribution in [0.3, 0.4) is 0 Å². The molecule has 1 saturated heterocycles. The van der Waals surface area contributed by atoms with Crippen LogP contribution in [0.1, 0.15) is 34.7 Å². The minimum atomic E-state index is -0.916. The molecule has 9 nitrogen and oxygen atoms in total. The molecule has 1 amide bonds. The Balaban J connectivity index is 1.73. The lowest BCUT2D eigenvalue weighted by Gasteiger charge is -2.28. The van der Waals surface area contributed by atoms with Gasteiger partial charge in [0.15, 0.2) is 11.5 Å². The maximum Gasteiger partial charge on any atom is 0.295 e. The topological polar surface area (TPSA) is 102 Å². The van der Waals surface area contributed by atoms with Crippen molar-refractivity contribution >= 4 is 17.4 Å². The second kappa shape index (κ2) is 13.4. The molecule has 42 heavy (non-hydrogen) atoms. The molecule has 1 atom stereocenters. The maximum absolute atomic E-state index is 13.9. The summed E-state index contributed by atoms with van der Waals surface area (Å²) in [5.41, 5.74) is 2.88. The predicted molar refractivity (Wildman–Crippen MR) is 157 cm³/mol. The Hall–Kier alpha value is -4.50. The summed E-state index contributed by atoms with van der Waals surface area (Å²) >= 11 is 0.